The Bertz CT molecular complexity index is 1420. The van der Waals surface area contributed by atoms with E-state index in [0.29, 0.717) is 29.4 Å². The fraction of sp³-hybridized carbons (Fsp3) is 0.120. The lowest BCUT2D eigenvalue weighted by Gasteiger charge is -2.14. The van der Waals surface area contributed by atoms with E-state index in [4.69, 9.17) is 14.0 Å². The zero-order valence-electron chi connectivity index (χ0n) is 18.5. The van der Waals surface area contributed by atoms with Crippen LogP contribution in [0.2, 0.25) is 0 Å². The minimum absolute atomic E-state index is 0.103. The number of rotatable bonds is 7. The van der Waals surface area contributed by atoms with E-state index >= 15 is 0 Å². The van der Waals surface area contributed by atoms with Gasteiger partial charge in [-0.25, -0.2) is 9.69 Å². The Morgan fingerprint density at radius 3 is 2.57 bits per heavy atom. The molecule has 0 unspecified atom stereocenters. The number of amides is 2. The van der Waals surface area contributed by atoms with Gasteiger partial charge in [-0.2, -0.15) is 4.98 Å². The van der Waals surface area contributed by atoms with Crippen LogP contribution in [0.25, 0.3) is 11.4 Å². The van der Waals surface area contributed by atoms with Gasteiger partial charge in [0.2, 0.25) is 5.82 Å². The molecule has 2 amide bonds. The fourth-order valence-electron chi connectivity index (χ4n) is 3.60. The number of benzene rings is 2. The molecule has 0 bridgehead atoms. The van der Waals surface area contributed by atoms with Crippen molar-refractivity contribution in [3.8, 4) is 17.1 Å². The summed E-state index contributed by atoms with van der Waals surface area (Å²) >= 11 is 0. The van der Waals surface area contributed by atoms with E-state index in [9.17, 15) is 14.4 Å². The largest absolute Gasteiger partial charge is 0.494 e. The summed E-state index contributed by atoms with van der Waals surface area (Å²) in [6, 6.07) is 14.4. The first-order chi connectivity index (χ1) is 17.0. The van der Waals surface area contributed by atoms with Crippen molar-refractivity contribution < 1.29 is 28.4 Å². The quantitative estimate of drug-likeness (QED) is 0.294. The molecule has 2 aromatic heterocycles. The summed E-state index contributed by atoms with van der Waals surface area (Å²) in [6.45, 7) is 2.11. The standard InChI is InChI=1S/C25H18N4O6/c1-2-33-18-8-6-17(7-9-18)29-23(30)19-10-5-15(12-20(19)24(29)31)25(32)34-14-21-27-22(28-35-21)16-4-3-11-26-13-16/h3-13H,2,14H2,1H3. The number of carbonyl (C=O) groups excluding carboxylic acids is 3. The van der Waals surface area contributed by atoms with Crippen molar-refractivity contribution in [1.82, 2.24) is 15.1 Å². The lowest BCUT2D eigenvalue weighted by atomic mass is 10.1. The normalized spacial score (nSPS) is 12.5. The number of carbonyl (C=O) groups is 3. The highest BCUT2D eigenvalue weighted by atomic mass is 16.6. The average molecular weight is 470 g/mol. The van der Waals surface area contributed by atoms with Crippen molar-refractivity contribution in [3.63, 3.8) is 0 Å². The van der Waals surface area contributed by atoms with E-state index in [1.54, 1.807) is 48.8 Å². The number of fused-ring (bicyclic) bond motifs is 1. The van der Waals surface area contributed by atoms with E-state index in [0.717, 1.165) is 4.90 Å². The van der Waals surface area contributed by atoms with Crippen molar-refractivity contribution in [2.75, 3.05) is 11.5 Å². The monoisotopic (exact) mass is 470 g/mol. The molecule has 0 N–H and O–H groups in total. The van der Waals surface area contributed by atoms with Gasteiger partial charge < -0.3 is 14.0 Å². The second-order valence-corrected chi connectivity index (χ2v) is 7.46. The van der Waals surface area contributed by atoms with Gasteiger partial charge in [0.15, 0.2) is 6.61 Å². The van der Waals surface area contributed by atoms with E-state index in [1.807, 2.05) is 6.92 Å². The molecular formula is C25H18N4O6. The summed E-state index contributed by atoms with van der Waals surface area (Å²) < 4.78 is 15.8. The van der Waals surface area contributed by atoms with Crippen LogP contribution in [0.3, 0.4) is 0 Å². The van der Waals surface area contributed by atoms with E-state index in [1.165, 1.54) is 18.2 Å². The lowest BCUT2D eigenvalue weighted by Crippen LogP contribution is -2.29. The van der Waals surface area contributed by atoms with Gasteiger partial charge in [-0.15, -0.1) is 0 Å². The predicted octanol–water partition coefficient (Wildman–Crippen LogP) is 3.69. The summed E-state index contributed by atoms with van der Waals surface area (Å²) in [4.78, 5) is 47.7. The predicted molar refractivity (Wildman–Crippen MR) is 122 cm³/mol. The minimum Gasteiger partial charge on any atom is -0.494 e. The number of aromatic nitrogens is 3. The Morgan fingerprint density at radius 2 is 1.83 bits per heavy atom. The van der Waals surface area contributed by atoms with Crippen LogP contribution in [0.1, 0.15) is 43.9 Å². The van der Waals surface area contributed by atoms with Gasteiger partial charge >= 0.3 is 5.97 Å². The van der Waals surface area contributed by atoms with Crippen molar-refractivity contribution >= 4 is 23.5 Å². The first kappa shape index (κ1) is 22.0. The SMILES string of the molecule is CCOc1ccc(N2C(=O)c3ccc(C(=O)OCc4nc(-c5cccnc5)no4)cc3C2=O)cc1. The maximum atomic E-state index is 13.0. The molecule has 1 aliphatic heterocycles. The first-order valence-corrected chi connectivity index (χ1v) is 10.7. The summed E-state index contributed by atoms with van der Waals surface area (Å²) in [7, 11) is 0. The molecule has 0 saturated heterocycles. The molecule has 35 heavy (non-hydrogen) atoms. The maximum absolute atomic E-state index is 13.0. The number of ether oxygens (including phenoxy) is 2. The van der Waals surface area contributed by atoms with Gasteiger partial charge in [0, 0.05) is 18.0 Å². The third kappa shape index (κ3) is 4.24. The number of nitrogens with zero attached hydrogens (tertiary/aromatic N) is 4. The fourth-order valence-corrected chi connectivity index (χ4v) is 3.60. The van der Waals surface area contributed by atoms with Crippen LogP contribution in [-0.2, 0) is 11.3 Å². The lowest BCUT2D eigenvalue weighted by molar-refractivity contribution is 0.0429. The molecule has 2 aromatic carbocycles. The van der Waals surface area contributed by atoms with E-state index < -0.39 is 17.8 Å². The zero-order valence-corrected chi connectivity index (χ0v) is 18.5. The highest BCUT2D eigenvalue weighted by Crippen LogP contribution is 2.30. The van der Waals surface area contributed by atoms with Crippen LogP contribution in [0, 0.1) is 0 Å². The number of hydrogen-bond donors (Lipinski definition) is 0. The van der Waals surface area contributed by atoms with E-state index in [2.05, 4.69) is 15.1 Å². The number of imide groups is 1. The summed E-state index contributed by atoms with van der Waals surface area (Å²) in [6.07, 6.45) is 3.21. The molecule has 0 radical (unpaired) electrons. The highest BCUT2D eigenvalue weighted by Gasteiger charge is 2.37. The van der Waals surface area contributed by atoms with Crippen molar-refractivity contribution in [1.29, 1.82) is 0 Å². The van der Waals surface area contributed by atoms with Crippen LogP contribution in [0.5, 0.6) is 5.75 Å². The van der Waals surface area contributed by atoms with Gasteiger partial charge in [0.05, 0.1) is 29.0 Å². The van der Waals surface area contributed by atoms with Gasteiger partial charge in [0.25, 0.3) is 17.7 Å². The van der Waals surface area contributed by atoms with Crippen LogP contribution in [0.4, 0.5) is 5.69 Å². The topological polar surface area (TPSA) is 125 Å². The smallest absolute Gasteiger partial charge is 0.338 e. The minimum atomic E-state index is -0.700. The van der Waals surface area contributed by atoms with Crippen LogP contribution < -0.4 is 9.64 Å². The van der Waals surface area contributed by atoms with Crippen LogP contribution in [0.15, 0.2) is 71.5 Å². The van der Waals surface area contributed by atoms with Crippen molar-refractivity contribution in [2.45, 2.75) is 13.5 Å². The highest BCUT2D eigenvalue weighted by molar-refractivity contribution is 6.34. The second kappa shape index (κ2) is 9.18. The Hall–Kier alpha value is -4.86. The van der Waals surface area contributed by atoms with Crippen molar-refractivity contribution in [3.05, 3.63) is 89.6 Å². The number of anilines is 1. The molecule has 10 heteroatoms. The molecule has 3 heterocycles. The molecule has 5 rings (SSSR count). The number of pyridine rings is 1. The Morgan fingerprint density at radius 1 is 1.03 bits per heavy atom. The molecule has 0 spiro atoms. The molecule has 0 fully saturated rings. The summed E-state index contributed by atoms with van der Waals surface area (Å²) in [5.74, 6) is -0.642. The van der Waals surface area contributed by atoms with E-state index in [-0.39, 0.29) is 29.2 Å². The van der Waals surface area contributed by atoms with Gasteiger partial charge in [-0.3, -0.25) is 14.6 Å². The van der Waals surface area contributed by atoms with Gasteiger partial charge in [-0.05, 0) is 61.5 Å². The van der Waals surface area contributed by atoms with Gasteiger partial charge in [0.1, 0.15) is 5.75 Å². The third-order valence-corrected chi connectivity index (χ3v) is 5.24. The second-order valence-electron chi connectivity index (χ2n) is 7.46. The molecule has 1 aliphatic rings. The number of esters is 1. The molecule has 0 saturated carbocycles. The average Bonchev–Trinajstić information content (AvgIpc) is 3.46. The van der Waals surface area contributed by atoms with Gasteiger partial charge in [-0.1, -0.05) is 5.16 Å². The Kier molecular flexibility index (Phi) is 5.76. The van der Waals surface area contributed by atoms with Crippen molar-refractivity contribution in [2.24, 2.45) is 0 Å². The number of hydrogen-bond acceptors (Lipinski definition) is 9. The van der Waals surface area contributed by atoms with Crippen LogP contribution >= 0.6 is 0 Å². The maximum Gasteiger partial charge on any atom is 0.338 e. The Labute approximate surface area is 199 Å². The molecule has 4 aromatic rings. The molecule has 10 nitrogen and oxygen atoms in total. The third-order valence-electron chi connectivity index (χ3n) is 5.24. The summed E-state index contributed by atoms with van der Waals surface area (Å²) in [5, 5.41) is 3.84. The summed E-state index contributed by atoms with van der Waals surface area (Å²) in [5.41, 5.74) is 1.51. The molecule has 0 atom stereocenters. The molecule has 0 aliphatic carbocycles. The first-order valence-electron chi connectivity index (χ1n) is 10.7. The zero-order chi connectivity index (χ0) is 24.4. The molecule has 174 valence electrons. The Balaban J connectivity index is 1.29. The van der Waals surface area contributed by atoms with Crippen LogP contribution in [-0.4, -0.2) is 39.5 Å². The molecular weight excluding hydrogens is 452 g/mol.